The Hall–Kier alpha value is -1.55. The van der Waals surface area contributed by atoms with Gasteiger partial charge in [-0.1, -0.05) is 23.7 Å². The van der Waals surface area contributed by atoms with Crippen LogP contribution in [-0.2, 0) is 20.7 Å². The summed E-state index contributed by atoms with van der Waals surface area (Å²) in [6, 6.07) is 7.44. The van der Waals surface area contributed by atoms with Crippen LogP contribution in [0.1, 0.15) is 38.7 Å². The molecule has 120 valence electrons. The van der Waals surface area contributed by atoms with E-state index in [0.29, 0.717) is 5.02 Å². The first-order valence-electron chi connectivity index (χ1n) is 7.68. The summed E-state index contributed by atoms with van der Waals surface area (Å²) in [4.78, 5) is 25.9. The predicted octanol–water partition coefficient (Wildman–Crippen LogP) is 3.22. The molecule has 0 aliphatic carbocycles. The number of ether oxygens (including phenoxy) is 1. The zero-order valence-electron chi connectivity index (χ0n) is 13.0. The first-order chi connectivity index (χ1) is 10.5. The lowest BCUT2D eigenvalue weighted by Gasteiger charge is -2.38. The van der Waals surface area contributed by atoms with Crippen LogP contribution in [-0.4, -0.2) is 35.5 Å². The van der Waals surface area contributed by atoms with Gasteiger partial charge >= 0.3 is 5.97 Å². The number of amides is 1. The molecule has 1 fully saturated rings. The van der Waals surface area contributed by atoms with E-state index in [0.717, 1.165) is 24.8 Å². The van der Waals surface area contributed by atoms with Crippen LogP contribution in [0.5, 0.6) is 0 Å². The lowest BCUT2D eigenvalue weighted by atomic mass is 9.97. The van der Waals surface area contributed by atoms with Crippen molar-refractivity contribution < 1.29 is 14.3 Å². The number of carbonyl (C=O) groups is 2. The van der Waals surface area contributed by atoms with Crippen molar-refractivity contribution in [2.24, 2.45) is 0 Å². The molecular formula is C17H22ClNO3. The molecule has 1 aromatic rings. The molecule has 1 aliphatic heterocycles. The number of benzene rings is 1. The van der Waals surface area contributed by atoms with Crippen LogP contribution >= 0.6 is 11.6 Å². The number of esters is 1. The van der Waals surface area contributed by atoms with Crippen LogP contribution < -0.4 is 0 Å². The average molecular weight is 324 g/mol. The maximum absolute atomic E-state index is 12.3. The summed E-state index contributed by atoms with van der Waals surface area (Å²) in [6.07, 6.45) is 3.31. The lowest BCUT2D eigenvalue weighted by Crippen LogP contribution is -2.49. The van der Waals surface area contributed by atoms with Crippen LogP contribution in [0.4, 0.5) is 0 Å². The average Bonchev–Trinajstić information content (AvgIpc) is 2.47. The van der Waals surface area contributed by atoms with Crippen molar-refractivity contribution in [1.29, 1.82) is 0 Å². The molecule has 0 saturated carbocycles. The van der Waals surface area contributed by atoms with Crippen molar-refractivity contribution in [2.45, 2.75) is 51.6 Å². The highest BCUT2D eigenvalue weighted by molar-refractivity contribution is 6.30. The molecule has 4 nitrogen and oxygen atoms in total. The van der Waals surface area contributed by atoms with Gasteiger partial charge in [0.2, 0.25) is 0 Å². The minimum atomic E-state index is -0.395. The molecule has 22 heavy (non-hydrogen) atoms. The van der Waals surface area contributed by atoms with Crippen molar-refractivity contribution in [1.82, 2.24) is 4.90 Å². The van der Waals surface area contributed by atoms with E-state index in [2.05, 4.69) is 0 Å². The summed E-state index contributed by atoms with van der Waals surface area (Å²) >= 11 is 5.80. The summed E-state index contributed by atoms with van der Waals surface area (Å²) in [7, 11) is 0. The Labute approximate surface area is 136 Å². The van der Waals surface area contributed by atoms with Crippen molar-refractivity contribution >= 4 is 23.5 Å². The monoisotopic (exact) mass is 323 g/mol. The lowest BCUT2D eigenvalue weighted by molar-refractivity contribution is -0.154. The fourth-order valence-electron chi connectivity index (χ4n) is 2.95. The Kier molecular flexibility index (Phi) is 5.83. The van der Waals surface area contributed by atoms with Crippen molar-refractivity contribution in [3.05, 3.63) is 34.9 Å². The number of likely N-dealkylation sites (tertiary alicyclic amines) is 1. The third-order valence-electron chi connectivity index (χ3n) is 4.10. The van der Waals surface area contributed by atoms with Gasteiger partial charge < -0.3 is 9.64 Å². The van der Waals surface area contributed by atoms with Gasteiger partial charge in [0, 0.05) is 17.1 Å². The minimum Gasteiger partial charge on any atom is -0.455 e. The number of carbonyl (C=O) groups excluding carboxylic acids is 2. The zero-order valence-corrected chi connectivity index (χ0v) is 13.8. The first-order valence-corrected chi connectivity index (χ1v) is 8.06. The molecule has 1 aromatic carbocycles. The maximum Gasteiger partial charge on any atom is 0.310 e. The highest BCUT2D eigenvalue weighted by atomic mass is 35.5. The maximum atomic E-state index is 12.3. The number of hydrogen-bond donors (Lipinski definition) is 0. The van der Waals surface area contributed by atoms with E-state index in [1.54, 1.807) is 24.3 Å². The van der Waals surface area contributed by atoms with Crippen LogP contribution in [0.3, 0.4) is 0 Å². The van der Waals surface area contributed by atoms with Gasteiger partial charge in [-0.2, -0.15) is 0 Å². The van der Waals surface area contributed by atoms with Gasteiger partial charge in [-0.25, -0.2) is 0 Å². The molecule has 5 heteroatoms. The van der Waals surface area contributed by atoms with E-state index in [1.165, 1.54) is 0 Å². The molecule has 1 aliphatic rings. The highest BCUT2D eigenvalue weighted by Gasteiger charge is 2.29. The molecule has 1 saturated heterocycles. The van der Waals surface area contributed by atoms with Crippen molar-refractivity contribution in [2.75, 3.05) is 6.61 Å². The first kappa shape index (κ1) is 16.8. The molecule has 2 rings (SSSR count). The molecule has 0 spiro atoms. The van der Waals surface area contributed by atoms with Crippen LogP contribution in [0.2, 0.25) is 5.02 Å². The fourth-order valence-corrected chi connectivity index (χ4v) is 3.08. The van der Waals surface area contributed by atoms with Crippen molar-refractivity contribution in [3.8, 4) is 0 Å². The Balaban J connectivity index is 1.82. The third-order valence-corrected chi connectivity index (χ3v) is 4.35. The topological polar surface area (TPSA) is 46.6 Å². The standard InChI is InChI=1S/C17H22ClNO3/c1-12-4-3-5-13(2)19(12)16(20)11-22-17(21)10-14-6-8-15(18)9-7-14/h6-9,12-13H,3-5,10-11H2,1-2H3/t12-,13-/m0/s1. The van der Waals surface area contributed by atoms with Gasteiger partial charge in [0.25, 0.3) is 5.91 Å². The predicted molar refractivity (Wildman–Crippen MR) is 85.7 cm³/mol. The van der Waals surface area contributed by atoms with Gasteiger partial charge in [-0.05, 0) is 50.8 Å². The molecule has 0 radical (unpaired) electrons. The largest absolute Gasteiger partial charge is 0.455 e. The van der Waals surface area contributed by atoms with Gasteiger partial charge in [0.1, 0.15) is 0 Å². The second kappa shape index (κ2) is 7.63. The van der Waals surface area contributed by atoms with E-state index in [4.69, 9.17) is 16.3 Å². The highest BCUT2D eigenvalue weighted by Crippen LogP contribution is 2.22. The summed E-state index contributed by atoms with van der Waals surface area (Å²) in [5.41, 5.74) is 0.821. The molecule has 0 bridgehead atoms. The molecule has 0 unspecified atom stereocenters. The molecule has 1 amide bonds. The van der Waals surface area contributed by atoms with Crippen LogP contribution in [0, 0.1) is 0 Å². The summed E-state index contributed by atoms with van der Waals surface area (Å²) in [5.74, 6) is -0.503. The van der Waals surface area contributed by atoms with Gasteiger partial charge in [0.05, 0.1) is 6.42 Å². The SMILES string of the molecule is C[C@H]1CCC[C@H](C)N1C(=O)COC(=O)Cc1ccc(Cl)cc1. The second-order valence-corrected chi connectivity index (χ2v) is 6.33. The Bertz CT molecular complexity index is 519. The molecular weight excluding hydrogens is 302 g/mol. The Morgan fingerprint density at radius 3 is 2.36 bits per heavy atom. The summed E-state index contributed by atoms with van der Waals surface area (Å²) in [5, 5.41) is 0.625. The number of hydrogen-bond acceptors (Lipinski definition) is 3. The molecule has 0 aromatic heterocycles. The molecule has 0 N–H and O–H groups in total. The van der Waals surface area contributed by atoms with Gasteiger partial charge in [-0.3, -0.25) is 9.59 Å². The third kappa shape index (κ3) is 4.47. The smallest absolute Gasteiger partial charge is 0.310 e. The number of halogens is 1. The van der Waals surface area contributed by atoms with E-state index in [-0.39, 0.29) is 31.0 Å². The summed E-state index contributed by atoms with van der Waals surface area (Å²) in [6.45, 7) is 3.91. The fraction of sp³-hybridized carbons (Fsp3) is 0.529. The number of nitrogens with zero attached hydrogens (tertiary/aromatic N) is 1. The van der Waals surface area contributed by atoms with Crippen LogP contribution in [0.15, 0.2) is 24.3 Å². The number of rotatable bonds is 4. The number of piperidine rings is 1. The Morgan fingerprint density at radius 1 is 1.18 bits per heavy atom. The summed E-state index contributed by atoms with van der Waals surface area (Å²) < 4.78 is 5.12. The Morgan fingerprint density at radius 2 is 1.77 bits per heavy atom. The van der Waals surface area contributed by atoms with Gasteiger partial charge in [0.15, 0.2) is 6.61 Å². The van der Waals surface area contributed by atoms with Gasteiger partial charge in [-0.15, -0.1) is 0 Å². The molecule has 2 atom stereocenters. The van der Waals surface area contributed by atoms with E-state index in [9.17, 15) is 9.59 Å². The van der Waals surface area contributed by atoms with E-state index >= 15 is 0 Å². The van der Waals surface area contributed by atoms with E-state index < -0.39 is 5.97 Å². The normalized spacial score (nSPS) is 21.5. The van der Waals surface area contributed by atoms with Crippen LogP contribution in [0.25, 0.3) is 0 Å². The minimum absolute atomic E-state index is 0.107. The molecule has 1 heterocycles. The quantitative estimate of drug-likeness (QED) is 0.799. The second-order valence-electron chi connectivity index (χ2n) is 5.89. The van der Waals surface area contributed by atoms with E-state index in [1.807, 2.05) is 18.7 Å². The van der Waals surface area contributed by atoms with Crippen molar-refractivity contribution in [3.63, 3.8) is 0 Å². The zero-order chi connectivity index (χ0) is 16.1.